The molecule has 2 aliphatic heterocycles. The maximum Gasteiger partial charge on any atom is 0.114 e. The molecule has 0 saturated carbocycles. The number of nitrogens with zero attached hydrogens (tertiary/aromatic N) is 1. The second-order valence-electron chi connectivity index (χ2n) is 4.74. The van der Waals surface area contributed by atoms with Crippen LogP contribution in [0.15, 0.2) is 0 Å². The van der Waals surface area contributed by atoms with Gasteiger partial charge in [0.05, 0.1) is 23.9 Å². The molecule has 14 heavy (non-hydrogen) atoms. The van der Waals surface area contributed by atoms with Crippen LogP contribution in [-0.4, -0.2) is 22.9 Å². The summed E-state index contributed by atoms with van der Waals surface area (Å²) < 4.78 is 5.68. The third-order valence-corrected chi connectivity index (χ3v) is 4.06. The lowest BCUT2D eigenvalue weighted by atomic mass is 9.64. The molecule has 0 aromatic rings. The molecule has 0 aromatic heterocycles. The lowest BCUT2D eigenvalue weighted by Crippen LogP contribution is -2.50. The van der Waals surface area contributed by atoms with Gasteiger partial charge in [-0.05, 0) is 32.6 Å². The van der Waals surface area contributed by atoms with E-state index in [0.29, 0.717) is 12.8 Å². The van der Waals surface area contributed by atoms with E-state index < -0.39 is 11.0 Å². The summed E-state index contributed by atoms with van der Waals surface area (Å²) in [5.74, 6) is 0. The molecule has 2 bridgehead atoms. The Labute approximate surface area is 84.7 Å². The van der Waals surface area contributed by atoms with Crippen molar-refractivity contribution in [3.8, 4) is 6.07 Å². The number of rotatable bonds is 2. The fraction of sp³-hybridized carbons (Fsp3) is 0.909. The van der Waals surface area contributed by atoms with Gasteiger partial charge < -0.3 is 9.84 Å². The SMILES string of the molecule is CCC(C)(O)C1(C#N)CC2CCC1O2. The van der Waals surface area contributed by atoms with Gasteiger partial charge in [-0.15, -0.1) is 0 Å². The monoisotopic (exact) mass is 195 g/mol. The number of hydrogen-bond acceptors (Lipinski definition) is 3. The molecule has 0 aliphatic carbocycles. The van der Waals surface area contributed by atoms with Crippen molar-refractivity contribution in [3.05, 3.63) is 0 Å². The summed E-state index contributed by atoms with van der Waals surface area (Å²) in [6, 6.07) is 2.33. The molecule has 2 saturated heterocycles. The minimum Gasteiger partial charge on any atom is -0.388 e. The van der Waals surface area contributed by atoms with Gasteiger partial charge in [0.15, 0.2) is 0 Å². The number of hydrogen-bond donors (Lipinski definition) is 1. The van der Waals surface area contributed by atoms with Gasteiger partial charge in [0.1, 0.15) is 5.41 Å². The van der Waals surface area contributed by atoms with Crippen LogP contribution in [0.5, 0.6) is 0 Å². The van der Waals surface area contributed by atoms with Gasteiger partial charge >= 0.3 is 0 Å². The van der Waals surface area contributed by atoms with Crippen LogP contribution < -0.4 is 0 Å². The highest BCUT2D eigenvalue weighted by atomic mass is 16.5. The average Bonchev–Trinajstić information content (AvgIpc) is 2.77. The quantitative estimate of drug-likeness (QED) is 0.728. The van der Waals surface area contributed by atoms with E-state index in [1.54, 1.807) is 6.92 Å². The number of ether oxygens (including phenoxy) is 1. The second kappa shape index (κ2) is 2.95. The third kappa shape index (κ3) is 1.04. The molecule has 0 amide bonds. The van der Waals surface area contributed by atoms with Gasteiger partial charge in [-0.3, -0.25) is 0 Å². The summed E-state index contributed by atoms with van der Waals surface area (Å²) in [6.07, 6.45) is 3.44. The van der Waals surface area contributed by atoms with Gasteiger partial charge in [-0.1, -0.05) is 6.92 Å². The predicted octanol–water partition coefficient (Wildman–Crippen LogP) is 1.61. The van der Waals surface area contributed by atoms with E-state index in [9.17, 15) is 10.4 Å². The Morgan fingerprint density at radius 1 is 1.64 bits per heavy atom. The molecule has 2 fully saturated rings. The smallest absolute Gasteiger partial charge is 0.114 e. The first-order chi connectivity index (χ1) is 6.55. The van der Waals surface area contributed by atoms with Crippen LogP contribution in [0, 0.1) is 16.7 Å². The summed E-state index contributed by atoms with van der Waals surface area (Å²) in [4.78, 5) is 0. The Balaban J connectivity index is 2.33. The normalized spacial score (nSPS) is 44.7. The molecule has 78 valence electrons. The van der Waals surface area contributed by atoms with Crippen molar-refractivity contribution in [2.24, 2.45) is 5.41 Å². The van der Waals surface area contributed by atoms with Crippen molar-refractivity contribution in [2.45, 2.75) is 57.3 Å². The van der Waals surface area contributed by atoms with Crippen LogP contribution in [0.3, 0.4) is 0 Å². The molecular formula is C11H17NO2. The maximum atomic E-state index is 10.3. The Kier molecular flexibility index (Phi) is 2.09. The first-order valence-corrected chi connectivity index (χ1v) is 5.35. The average molecular weight is 195 g/mol. The largest absolute Gasteiger partial charge is 0.388 e. The van der Waals surface area contributed by atoms with Crippen LogP contribution in [0.25, 0.3) is 0 Å². The Morgan fingerprint density at radius 3 is 2.71 bits per heavy atom. The Morgan fingerprint density at radius 2 is 2.36 bits per heavy atom. The maximum absolute atomic E-state index is 10.3. The molecule has 4 unspecified atom stereocenters. The Hall–Kier alpha value is -0.590. The van der Waals surface area contributed by atoms with Gasteiger partial charge in [-0.2, -0.15) is 5.26 Å². The van der Waals surface area contributed by atoms with Gasteiger partial charge in [0.25, 0.3) is 0 Å². The second-order valence-corrected chi connectivity index (χ2v) is 4.74. The first kappa shape index (κ1) is 9.95. The molecule has 3 nitrogen and oxygen atoms in total. The van der Waals surface area contributed by atoms with E-state index in [1.807, 2.05) is 6.92 Å². The van der Waals surface area contributed by atoms with Gasteiger partial charge in [0, 0.05) is 0 Å². The van der Waals surface area contributed by atoms with E-state index in [4.69, 9.17) is 4.74 Å². The highest BCUT2D eigenvalue weighted by Gasteiger charge is 2.61. The molecule has 1 N–H and O–H groups in total. The molecule has 2 aliphatic rings. The molecule has 0 spiro atoms. The van der Waals surface area contributed by atoms with Gasteiger partial charge in [0.2, 0.25) is 0 Å². The van der Waals surface area contributed by atoms with E-state index in [2.05, 4.69) is 6.07 Å². The van der Waals surface area contributed by atoms with Crippen LogP contribution in [0.2, 0.25) is 0 Å². The zero-order valence-corrected chi connectivity index (χ0v) is 8.79. The van der Waals surface area contributed by atoms with Crippen LogP contribution in [0.1, 0.15) is 39.5 Å². The zero-order valence-electron chi connectivity index (χ0n) is 8.79. The summed E-state index contributed by atoms with van der Waals surface area (Å²) in [5.41, 5.74) is -1.58. The fourth-order valence-electron chi connectivity index (χ4n) is 2.83. The van der Waals surface area contributed by atoms with Crippen molar-refractivity contribution in [1.82, 2.24) is 0 Å². The van der Waals surface area contributed by atoms with Crippen molar-refractivity contribution < 1.29 is 9.84 Å². The van der Waals surface area contributed by atoms with Crippen LogP contribution in [0.4, 0.5) is 0 Å². The standard InChI is InChI=1S/C11H17NO2/c1-3-10(2,13)11(7-12)6-8-4-5-9(11)14-8/h8-9,13H,3-6H2,1-2H3. The summed E-state index contributed by atoms with van der Waals surface area (Å²) in [5, 5.41) is 19.6. The summed E-state index contributed by atoms with van der Waals surface area (Å²) in [7, 11) is 0. The van der Waals surface area contributed by atoms with Crippen molar-refractivity contribution in [3.63, 3.8) is 0 Å². The topological polar surface area (TPSA) is 53.2 Å². The van der Waals surface area contributed by atoms with E-state index in [1.165, 1.54) is 0 Å². The van der Waals surface area contributed by atoms with Crippen molar-refractivity contribution in [2.75, 3.05) is 0 Å². The minimum atomic E-state index is -0.915. The molecule has 2 heterocycles. The lowest BCUT2D eigenvalue weighted by Gasteiger charge is -2.40. The molecule has 0 radical (unpaired) electrons. The van der Waals surface area contributed by atoms with Crippen molar-refractivity contribution >= 4 is 0 Å². The van der Waals surface area contributed by atoms with Crippen molar-refractivity contribution in [1.29, 1.82) is 5.26 Å². The number of fused-ring (bicyclic) bond motifs is 2. The third-order valence-electron chi connectivity index (χ3n) is 4.06. The van der Waals surface area contributed by atoms with Crippen LogP contribution in [-0.2, 0) is 4.74 Å². The highest BCUT2D eigenvalue weighted by Crippen LogP contribution is 2.53. The molecular weight excluding hydrogens is 178 g/mol. The molecule has 4 atom stereocenters. The molecule has 3 heteroatoms. The molecule has 2 rings (SSSR count). The Bertz CT molecular complexity index is 282. The zero-order chi connectivity index (χ0) is 10.4. The van der Waals surface area contributed by atoms with Gasteiger partial charge in [-0.25, -0.2) is 0 Å². The predicted molar refractivity (Wildman–Crippen MR) is 51.5 cm³/mol. The van der Waals surface area contributed by atoms with E-state index in [-0.39, 0.29) is 12.2 Å². The lowest BCUT2D eigenvalue weighted by molar-refractivity contribution is -0.0738. The minimum absolute atomic E-state index is 0.0487. The number of aliphatic hydroxyl groups is 1. The fourth-order valence-corrected chi connectivity index (χ4v) is 2.83. The van der Waals surface area contributed by atoms with E-state index in [0.717, 1.165) is 12.8 Å². The summed E-state index contributed by atoms with van der Waals surface area (Å²) >= 11 is 0. The first-order valence-electron chi connectivity index (χ1n) is 5.35. The molecule has 0 aromatic carbocycles. The highest BCUT2D eigenvalue weighted by molar-refractivity contribution is 5.19. The van der Waals surface area contributed by atoms with Crippen LogP contribution >= 0.6 is 0 Å². The van der Waals surface area contributed by atoms with E-state index >= 15 is 0 Å². The number of nitriles is 1. The summed E-state index contributed by atoms with van der Waals surface area (Å²) in [6.45, 7) is 3.69.